The predicted octanol–water partition coefficient (Wildman–Crippen LogP) is 3.79. The Balaban J connectivity index is 1.88. The van der Waals surface area contributed by atoms with Crippen LogP contribution in [0.3, 0.4) is 0 Å². The number of anilines is 2. The second-order valence-electron chi connectivity index (χ2n) is 4.99. The van der Waals surface area contributed by atoms with Crippen LogP contribution < -0.4 is 5.32 Å². The lowest BCUT2D eigenvalue weighted by molar-refractivity contribution is -0.128. The highest BCUT2D eigenvalue weighted by molar-refractivity contribution is 9.10. The average molecular weight is 451 g/mol. The van der Waals surface area contributed by atoms with Crippen LogP contribution >= 0.6 is 39.0 Å². The Kier molecular flexibility index (Phi) is 8.35. The van der Waals surface area contributed by atoms with Gasteiger partial charge in [-0.1, -0.05) is 45.1 Å². The van der Waals surface area contributed by atoms with Gasteiger partial charge in [0.15, 0.2) is 4.34 Å². The van der Waals surface area contributed by atoms with Crippen LogP contribution in [0.25, 0.3) is 0 Å². The number of halogens is 1. The molecule has 26 heavy (non-hydrogen) atoms. The summed E-state index contributed by atoms with van der Waals surface area (Å²) in [4.78, 5) is 13.8. The van der Waals surface area contributed by atoms with Crippen molar-refractivity contribution in [3.63, 3.8) is 0 Å². The van der Waals surface area contributed by atoms with E-state index in [-0.39, 0.29) is 24.5 Å². The van der Waals surface area contributed by atoms with Crippen LogP contribution in [0.2, 0.25) is 0 Å². The number of benzene rings is 1. The van der Waals surface area contributed by atoms with Gasteiger partial charge in [0.1, 0.15) is 0 Å². The molecule has 7 nitrogen and oxygen atoms in total. The number of nitriles is 2. The topological polar surface area (TPSA) is 106 Å². The summed E-state index contributed by atoms with van der Waals surface area (Å²) in [5, 5.41) is 29.3. The van der Waals surface area contributed by atoms with Gasteiger partial charge in [-0.25, -0.2) is 0 Å². The van der Waals surface area contributed by atoms with E-state index in [4.69, 9.17) is 10.5 Å². The highest BCUT2D eigenvalue weighted by Gasteiger charge is 2.15. The molecule has 1 aromatic heterocycles. The number of nitrogens with one attached hydrogen (secondary N) is 1. The first-order chi connectivity index (χ1) is 12.6. The first-order valence-electron chi connectivity index (χ1n) is 7.63. The fourth-order valence-corrected chi connectivity index (χ4v) is 4.03. The zero-order chi connectivity index (χ0) is 18.8. The fraction of sp³-hybridized carbons (Fsp3) is 0.312. The third-order valence-corrected chi connectivity index (χ3v) is 5.59. The number of hydrogen-bond acceptors (Lipinski definition) is 8. The molecular formula is C16H15BrN6OS2. The average Bonchev–Trinajstić information content (AvgIpc) is 3.07. The first kappa shape index (κ1) is 20.2. The van der Waals surface area contributed by atoms with E-state index in [1.165, 1.54) is 23.1 Å². The summed E-state index contributed by atoms with van der Waals surface area (Å²) in [5.41, 5.74) is 0.891. The van der Waals surface area contributed by atoms with Gasteiger partial charge in [-0.15, -0.1) is 10.2 Å². The number of carbonyl (C=O) groups excluding carboxylic acids is 1. The minimum atomic E-state index is -0.114. The SMILES string of the molecule is N#CCCN(CCC#N)C(=O)CSc1nnc(Nc2cccc(Br)c2)s1. The molecule has 0 unspecified atom stereocenters. The quantitative estimate of drug-likeness (QED) is 0.578. The largest absolute Gasteiger partial charge is 0.340 e. The van der Waals surface area contributed by atoms with E-state index < -0.39 is 0 Å². The van der Waals surface area contributed by atoms with Crippen LogP contribution in [0.4, 0.5) is 10.8 Å². The van der Waals surface area contributed by atoms with E-state index in [2.05, 4.69) is 31.4 Å². The zero-order valence-corrected chi connectivity index (χ0v) is 16.9. The smallest absolute Gasteiger partial charge is 0.233 e. The lowest BCUT2D eigenvalue weighted by atomic mass is 10.3. The maximum Gasteiger partial charge on any atom is 0.233 e. The molecule has 10 heteroatoms. The zero-order valence-electron chi connectivity index (χ0n) is 13.7. The fourth-order valence-electron chi connectivity index (χ4n) is 1.95. The molecule has 134 valence electrons. The van der Waals surface area contributed by atoms with Crippen molar-refractivity contribution in [1.82, 2.24) is 15.1 Å². The van der Waals surface area contributed by atoms with Crippen molar-refractivity contribution in [3.8, 4) is 12.1 Å². The van der Waals surface area contributed by atoms with Gasteiger partial charge in [-0.2, -0.15) is 10.5 Å². The summed E-state index contributed by atoms with van der Waals surface area (Å²) in [6.45, 7) is 0.673. The molecule has 1 N–H and O–H groups in total. The number of thioether (sulfide) groups is 1. The molecule has 0 spiro atoms. The molecule has 1 aromatic carbocycles. The van der Waals surface area contributed by atoms with Gasteiger partial charge in [0, 0.05) is 23.2 Å². The summed E-state index contributed by atoms with van der Waals surface area (Å²) >= 11 is 6.07. The van der Waals surface area contributed by atoms with E-state index in [0.717, 1.165) is 10.2 Å². The van der Waals surface area contributed by atoms with E-state index >= 15 is 0 Å². The molecule has 2 rings (SSSR count). The van der Waals surface area contributed by atoms with Crippen molar-refractivity contribution in [1.29, 1.82) is 10.5 Å². The normalized spacial score (nSPS) is 9.96. The van der Waals surface area contributed by atoms with Crippen LogP contribution in [-0.2, 0) is 4.79 Å². The van der Waals surface area contributed by atoms with E-state index in [1.54, 1.807) is 4.90 Å². The third kappa shape index (κ3) is 6.64. The molecule has 0 bridgehead atoms. The van der Waals surface area contributed by atoms with Crippen LogP contribution in [-0.4, -0.2) is 39.8 Å². The van der Waals surface area contributed by atoms with E-state index in [9.17, 15) is 4.79 Å². The lowest BCUT2D eigenvalue weighted by Crippen LogP contribution is -2.34. The Hall–Kier alpha value is -2.14. The summed E-state index contributed by atoms with van der Waals surface area (Å²) in [6.07, 6.45) is 0.503. The number of rotatable bonds is 9. The van der Waals surface area contributed by atoms with Gasteiger partial charge in [-0.05, 0) is 18.2 Å². The molecule has 0 atom stereocenters. The van der Waals surface area contributed by atoms with Crippen molar-refractivity contribution in [3.05, 3.63) is 28.7 Å². The Bertz CT molecular complexity index is 811. The van der Waals surface area contributed by atoms with Crippen LogP contribution in [0.5, 0.6) is 0 Å². The molecule has 0 aliphatic carbocycles. The van der Waals surface area contributed by atoms with Gasteiger partial charge in [0.2, 0.25) is 11.0 Å². The Morgan fingerprint density at radius 1 is 1.27 bits per heavy atom. The molecule has 0 radical (unpaired) electrons. The molecule has 0 fully saturated rings. The van der Waals surface area contributed by atoms with Crippen LogP contribution in [0.15, 0.2) is 33.1 Å². The van der Waals surface area contributed by atoms with Gasteiger partial charge >= 0.3 is 0 Å². The third-order valence-electron chi connectivity index (χ3n) is 3.14. The first-order valence-corrected chi connectivity index (χ1v) is 10.2. The minimum Gasteiger partial charge on any atom is -0.340 e. The van der Waals surface area contributed by atoms with Gasteiger partial charge in [0.05, 0.1) is 30.7 Å². The summed E-state index contributed by atoms with van der Waals surface area (Å²) in [7, 11) is 0. The summed E-state index contributed by atoms with van der Waals surface area (Å²) < 4.78 is 1.64. The van der Waals surface area contributed by atoms with Gasteiger partial charge in [-0.3, -0.25) is 4.79 Å². The van der Waals surface area contributed by atoms with Crippen molar-refractivity contribution < 1.29 is 4.79 Å². The van der Waals surface area contributed by atoms with Crippen molar-refractivity contribution in [2.24, 2.45) is 0 Å². The van der Waals surface area contributed by atoms with Crippen LogP contribution in [0, 0.1) is 22.7 Å². The summed E-state index contributed by atoms with van der Waals surface area (Å²) in [5.74, 6) is 0.0831. The standard InChI is InChI=1S/C16H15BrN6OS2/c17-12-4-1-5-13(10-12)20-15-21-22-16(26-15)25-11-14(24)23(8-2-6-18)9-3-7-19/h1,4-5,10H,2-3,8-9,11H2,(H,20,21). The molecule has 0 aliphatic rings. The van der Waals surface area contributed by atoms with Crippen LogP contribution in [0.1, 0.15) is 12.8 Å². The number of nitrogens with zero attached hydrogens (tertiary/aromatic N) is 5. The molecule has 2 aromatic rings. The van der Waals surface area contributed by atoms with Crippen molar-refractivity contribution in [2.75, 3.05) is 24.2 Å². The molecular weight excluding hydrogens is 436 g/mol. The minimum absolute atomic E-state index is 0.114. The molecule has 1 heterocycles. The highest BCUT2D eigenvalue weighted by atomic mass is 79.9. The van der Waals surface area contributed by atoms with E-state index in [0.29, 0.717) is 22.6 Å². The molecule has 0 aliphatic heterocycles. The van der Waals surface area contributed by atoms with Crippen molar-refractivity contribution >= 4 is 55.8 Å². The Morgan fingerprint density at radius 2 is 2.00 bits per heavy atom. The lowest BCUT2D eigenvalue weighted by Gasteiger charge is -2.19. The highest BCUT2D eigenvalue weighted by Crippen LogP contribution is 2.28. The second-order valence-corrected chi connectivity index (χ2v) is 8.11. The van der Waals surface area contributed by atoms with E-state index in [1.807, 2.05) is 36.4 Å². The number of aromatic nitrogens is 2. The molecule has 0 saturated heterocycles. The van der Waals surface area contributed by atoms with Crippen molar-refractivity contribution in [2.45, 2.75) is 17.2 Å². The maximum atomic E-state index is 12.3. The summed E-state index contributed by atoms with van der Waals surface area (Å²) in [6, 6.07) is 11.7. The number of carbonyl (C=O) groups is 1. The van der Waals surface area contributed by atoms with Gasteiger partial charge < -0.3 is 10.2 Å². The maximum absolute atomic E-state index is 12.3. The Morgan fingerprint density at radius 3 is 2.65 bits per heavy atom. The monoisotopic (exact) mass is 450 g/mol. The molecule has 0 saturated carbocycles. The number of amides is 1. The number of hydrogen-bond donors (Lipinski definition) is 1. The second kappa shape index (κ2) is 10.8. The van der Waals surface area contributed by atoms with Gasteiger partial charge in [0.25, 0.3) is 0 Å². The Labute approximate surface area is 168 Å². The predicted molar refractivity (Wildman–Crippen MR) is 105 cm³/mol. The molecule has 1 amide bonds.